The van der Waals surface area contributed by atoms with E-state index in [1.807, 2.05) is 19.9 Å². The maximum atomic E-state index is 9.13. The number of aromatic nitrogens is 2. The number of fused-ring (bicyclic) bond motifs is 1. The number of nitriles is 1. The summed E-state index contributed by atoms with van der Waals surface area (Å²) in [5, 5.41) is 13.8. The Labute approximate surface area is 128 Å². The number of anilines is 1. The number of nitrogens with zero attached hydrogens (tertiary/aromatic N) is 3. The fourth-order valence-electron chi connectivity index (χ4n) is 2.93. The van der Waals surface area contributed by atoms with Crippen LogP contribution in [0.25, 0.3) is 0 Å². The Hall–Kier alpha value is -1.93. The van der Waals surface area contributed by atoms with Crippen LogP contribution in [0.5, 0.6) is 0 Å². The molecule has 1 aliphatic rings. The van der Waals surface area contributed by atoms with Gasteiger partial charge in [0.2, 0.25) is 0 Å². The predicted octanol–water partition coefficient (Wildman–Crippen LogP) is 3.82. The van der Waals surface area contributed by atoms with Crippen LogP contribution >= 0.6 is 11.3 Å². The van der Waals surface area contributed by atoms with Gasteiger partial charge in [-0.15, -0.1) is 11.3 Å². The zero-order valence-corrected chi connectivity index (χ0v) is 13.3. The highest BCUT2D eigenvalue weighted by molar-refractivity contribution is 7.11. The zero-order chi connectivity index (χ0) is 15.0. The van der Waals surface area contributed by atoms with Crippen molar-refractivity contribution in [2.24, 2.45) is 0 Å². The van der Waals surface area contributed by atoms with Gasteiger partial charge in [-0.05, 0) is 51.7 Å². The minimum Gasteiger partial charge on any atom is -0.362 e. The molecule has 1 aliphatic carbocycles. The van der Waals surface area contributed by atoms with Gasteiger partial charge in [0.1, 0.15) is 11.9 Å². The summed E-state index contributed by atoms with van der Waals surface area (Å²) in [7, 11) is 0. The van der Waals surface area contributed by atoms with Gasteiger partial charge >= 0.3 is 0 Å². The third-order valence-corrected chi connectivity index (χ3v) is 4.94. The van der Waals surface area contributed by atoms with E-state index in [9.17, 15) is 0 Å². The second-order valence-corrected chi connectivity index (χ2v) is 6.81. The molecular weight excluding hydrogens is 280 g/mol. The van der Waals surface area contributed by atoms with Crippen LogP contribution in [0.3, 0.4) is 0 Å². The summed E-state index contributed by atoms with van der Waals surface area (Å²) in [4.78, 5) is 10.6. The Balaban J connectivity index is 1.90. The van der Waals surface area contributed by atoms with Crippen molar-refractivity contribution in [1.29, 1.82) is 5.26 Å². The highest BCUT2D eigenvalue weighted by atomic mass is 32.1. The summed E-state index contributed by atoms with van der Waals surface area (Å²) in [6, 6.07) is 4.40. The van der Waals surface area contributed by atoms with Gasteiger partial charge in [0.05, 0.1) is 28.0 Å². The molecule has 21 heavy (non-hydrogen) atoms. The smallest absolute Gasteiger partial charge is 0.127 e. The van der Waals surface area contributed by atoms with Crippen molar-refractivity contribution in [3.8, 4) is 6.07 Å². The highest BCUT2D eigenvalue weighted by Gasteiger charge is 2.24. The first-order valence-electron chi connectivity index (χ1n) is 7.19. The summed E-state index contributed by atoms with van der Waals surface area (Å²) < 4.78 is 0. The quantitative estimate of drug-likeness (QED) is 0.915. The standard InChI is InChI=1S/C16H18N4S/c1-9-7-15(18-10(2)12(9)8-17)20-13-5-4-6-14-16(13)19-11(3)21-14/h7,13H,4-6H2,1-3H3,(H,18,20). The van der Waals surface area contributed by atoms with E-state index >= 15 is 0 Å². The normalized spacial score (nSPS) is 17.1. The van der Waals surface area contributed by atoms with Gasteiger partial charge in [0.15, 0.2) is 0 Å². The molecule has 0 spiro atoms. The number of rotatable bonds is 2. The molecule has 0 radical (unpaired) electrons. The summed E-state index contributed by atoms with van der Waals surface area (Å²) in [6.07, 6.45) is 3.40. The average molecular weight is 298 g/mol. The maximum absolute atomic E-state index is 9.13. The molecule has 0 aliphatic heterocycles. The SMILES string of the molecule is Cc1nc2c(s1)CCCC2Nc1cc(C)c(C#N)c(C)n1. The molecule has 2 aromatic heterocycles. The van der Waals surface area contributed by atoms with E-state index in [0.29, 0.717) is 5.56 Å². The first kappa shape index (κ1) is 14.0. The number of pyridine rings is 1. The van der Waals surface area contributed by atoms with E-state index < -0.39 is 0 Å². The van der Waals surface area contributed by atoms with E-state index in [2.05, 4.69) is 28.3 Å². The van der Waals surface area contributed by atoms with E-state index in [1.54, 1.807) is 11.3 Å². The van der Waals surface area contributed by atoms with Crippen LogP contribution in [-0.2, 0) is 6.42 Å². The number of hydrogen-bond donors (Lipinski definition) is 1. The van der Waals surface area contributed by atoms with Crippen LogP contribution in [-0.4, -0.2) is 9.97 Å². The molecule has 0 fully saturated rings. The Morgan fingerprint density at radius 1 is 1.33 bits per heavy atom. The molecule has 0 aromatic carbocycles. The minimum absolute atomic E-state index is 0.234. The Morgan fingerprint density at radius 2 is 2.14 bits per heavy atom. The molecule has 3 rings (SSSR count). The largest absolute Gasteiger partial charge is 0.362 e. The van der Waals surface area contributed by atoms with E-state index in [0.717, 1.165) is 34.9 Å². The highest BCUT2D eigenvalue weighted by Crippen LogP contribution is 2.35. The summed E-state index contributed by atoms with van der Waals surface area (Å²) in [6.45, 7) is 5.90. The number of hydrogen-bond acceptors (Lipinski definition) is 5. The van der Waals surface area contributed by atoms with E-state index in [-0.39, 0.29) is 6.04 Å². The second kappa shape index (κ2) is 5.45. The van der Waals surface area contributed by atoms with Gasteiger partial charge in [-0.2, -0.15) is 5.26 Å². The van der Waals surface area contributed by atoms with E-state index in [1.165, 1.54) is 17.0 Å². The van der Waals surface area contributed by atoms with E-state index in [4.69, 9.17) is 5.26 Å². The molecule has 0 saturated carbocycles. The fourth-order valence-corrected chi connectivity index (χ4v) is 3.97. The van der Waals surface area contributed by atoms with Crippen molar-refractivity contribution in [2.75, 3.05) is 5.32 Å². The molecule has 0 amide bonds. The maximum Gasteiger partial charge on any atom is 0.127 e. The van der Waals surface area contributed by atoms with Crippen LogP contribution < -0.4 is 5.32 Å². The topological polar surface area (TPSA) is 61.6 Å². The van der Waals surface area contributed by atoms with Gasteiger partial charge in [0, 0.05) is 4.88 Å². The van der Waals surface area contributed by atoms with Crippen LogP contribution in [0.4, 0.5) is 5.82 Å². The molecule has 2 aromatic rings. The molecule has 108 valence electrons. The van der Waals surface area contributed by atoms with Crippen molar-refractivity contribution >= 4 is 17.2 Å². The monoisotopic (exact) mass is 298 g/mol. The average Bonchev–Trinajstić information content (AvgIpc) is 2.80. The Morgan fingerprint density at radius 3 is 2.86 bits per heavy atom. The van der Waals surface area contributed by atoms with Gasteiger partial charge in [-0.25, -0.2) is 9.97 Å². The summed E-state index contributed by atoms with van der Waals surface area (Å²) in [5.41, 5.74) is 3.61. The Bertz CT molecular complexity index is 703. The molecule has 5 heteroatoms. The molecule has 2 heterocycles. The second-order valence-electron chi connectivity index (χ2n) is 5.53. The first-order chi connectivity index (χ1) is 10.1. The third kappa shape index (κ3) is 2.64. The molecule has 1 atom stereocenters. The molecule has 0 bridgehead atoms. The summed E-state index contributed by atoms with van der Waals surface area (Å²) in [5.74, 6) is 0.840. The fraction of sp³-hybridized carbons (Fsp3) is 0.438. The Kier molecular flexibility index (Phi) is 3.64. The number of nitrogens with one attached hydrogen (secondary N) is 1. The predicted molar refractivity (Wildman–Crippen MR) is 84.6 cm³/mol. The van der Waals surface area contributed by atoms with Crippen molar-refractivity contribution in [1.82, 2.24) is 9.97 Å². The minimum atomic E-state index is 0.234. The van der Waals surface area contributed by atoms with Gasteiger partial charge in [0.25, 0.3) is 0 Å². The molecule has 0 saturated heterocycles. The molecule has 4 nitrogen and oxygen atoms in total. The van der Waals surface area contributed by atoms with Crippen LogP contribution in [0.1, 0.15) is 51.3 Å². The lowest BCUT2D eigenvalue weighted by Crippen LogP contribution is -2.18. The lowest BCUT2D eigenvalue weighted by molar-refractivity contribution is 0.591. The van der Waals surface area contributed by atoms with Crippen LogP contribution in [0.2, 0.25) is 0 Å². The van der Waals surface area contributed by atoms with Crippen LogP contribution in [0.15, 0.2) is 6.07 Å². The molecular formula is C16H18N4S. The zero-order valence-electron chi connectivity index (χ0n) is 12.5. The van der Waals surface area contributed by atoms with Crippen molar-refractivity contribution < 1.29 is 0 Å². The van der Waals surface area contributed by atoms with Gasteiger partial charge < -0.3 is 5.32 Å². The number of aryl methyl sites for hydroxylation is 4. The van der Waals surface area contributed by atoms with Crippen LogP contribution in [0, 0.1) is 32.1 Å². The third-order valence-electron chi connectivity index (χ3n) is 3.89. The molecule has 1 N–H and O–H groups in total. The van der Waals surface area contributed by atoms with Crippen molar-refractivity contribution in [2.45, 2.75) is 46.1 Å². The van der Waals surface area contributed by atoms with Gasteiger partial charge in [-0.3, -0.25) is 0 Å². The van der Waals surface area contributed by atoms with Crippen molar-refractivity contribution in [3.63, 3.8) is 0 Å². The van der Waals surface area contributed by atoms with Crippen molar-refractivity contribution in [3.05, 3.63) is 38.5 Å². The first-order valence-corrected chi connectivity index (χ1v) is 8.01. The number of thiazole rings is 1. The van der Waals surface area contributed by atoms with Gasteiger partial charge in [-0.1, -0.05) is 0 Å². The lowest BCUT2D eigenvalue weighted by atomic mass is 9.97. The summed E-state index contributed by atoms with van der Waals surface area (Å²) >= 11 is 1.80. The lowest BCUT2D eigenvalue weighted by Gasteiger charge is -2.23. The molecule has 1 unspecified atom stereocenters.